The largest absolute Gasteiger partial charge is 0.348 e. The highest BCUT2D eigenvalue weighted by Crippen LogP contribution is 2.26. The predicted molar refractivity (Wildman–Crippen MR) is 103 cm³/mol. The summed E-state index contributed by atoms with van der Waals surface area (Å²) >= 11 is 1.63. The molecule has 3 rings (SSSR count). The number of aromatic nitrogens is 1. The van der Waals surface area contributed by atoms with Gasteiger partial charge < -0.3 is 4.90 Å². The Morgan fingerprint density at radius 2 is 2.00 bits per heavy atom. The predicted octanol–water partition coefficient (Wildman–Crippen LogP) is 3.26. The summed E-state index contributed by atoms with van der Waals surface area (Å²) in [5.41, 5.74) is 2.69. The van der Waals surface area contributed by atoms with Crippen LogP contribution in [0.4, 0.5) is 5.13 Å². The molecule has 25 heavy (non-hydrogen) atoms. The lowest BCUT2D eigenvalue weighted by Crippen LogP contribution is -2.41. The Bertz CT molecular complexity index is 809. The van der Waals surface area contributed by atoms with Crippen LogP contribution in [0.2, 0.25) is 0 Å². The second kappa shape index (κ2) is 7.43. The highest BCUT2D eigenvalue weighted by molar-refractivity contribution is 7.89. The first-order valence-corrected chi connectivity index (χ1v) is 10.9. The van der Waals surface area contributed by atoms with Crippen LogP contribution < -0.4 is 9.62 Å². The number of hydrogen-bond acceptors (Lipinski definition) is 5. The van der Waals surface area contributed by atoms with Gasteiger partial charge in [-0.3, -0.25) is 0 Å². The molecular formula is C18H25N3O2S2. The van der Waals surface area contributed by atoms with Gasteiger partial charge in [0.25, 0.3) is 0 Å². The summed E-state index contributed by atoms with van der Waals surface area (Å²) in [5, 5.41) is 3.00. The molecule has 7 heteroatoms. The van der Waals surface area contributed by atoms with E-state index in [9.17, 15) is 8.42 Å². The van der Waals surface area contributed by atoms with Crippen LogP contribution in [0.3, 0.4) is 0 Å². The standard InChI is InChI=1S/C18H25N3O2S2/c1-13-9-14(2)17(15(3)10-13)25(22,23)20-11-16-5-4-7-21(12-16)18-19-6-8-24-18/h6,8-10,16,20H,4-5,7,11-12H2,1-3H3. The van der Waals surface area contributed by atoms with E-state index in [2.05, 4.69) is 14.6 Å². The summed E-state index contributed by atoms with van der Waals surface area (Å²) < 4.78 is 28.4. The summed E-state index contributed by atoms with van der Waals surface area (Å²) in [6, 6.07) is 3.85. The van der Waals surface area contributed by atoms with Crippen LogP contribution in [-0.2, 0) is 10.0 Å². The number of sulfonamides is 1. The fourth-order valence-corrected chi connectivity index (χ4v) is 5.91. The number of thiazole rings is 1. The lowest BCUT2D eigenvalue weighted by atomic mass is 9.99. The topological polar surface area (TPSA) is 62.3 Å². The van der Waals surface area contributed by atoms with Crippen molar-refractivity contribution in [2.45, 2.75) is 38.5 Å². The third kappa shape index (κ3) is 4.22. The Balaban J connectivity index is 1.68. The first-order valence-electron chi connectivity index (χ1n) is 8.59. The van der Waals surface area contributed by atoms with Gasteiger partial charge in [-0.1, -0.05) is 17.7 Å². The number of nitrogens with one attached hydrogen (secondary N) is 1. The minimum Gasteiger partial charge on any atom is -0.348 e. The van der Waals surface area contributed by atoms with E-state index < -0.39 is 10.0 Å². The van der Waals surface area contributed by atoms with Gasteiger partial charge in [0.1, 0.15) is 0 Å². The Hall–Kier alpha value is -1.44. The first kappa shape index (κ1) is 18.4. The molecule has 2 heterocycles. The molecule has 1 atom stereocenters. The van der Waals surface area contributed by atoms with Gasteiger partial charge in [-0.2, -0.15) is 0 Å². The fourth-order valence-electron chi connectivity index (χ4n) is 3.67. The minimum absolute atomic E-state index is 0.304. The van der Waals surface area contributed by atoms with Gasteiger partial charge in [0.2, 0.25) is 10.0 Å². The number of benzene rings is 1. The maximum Gasteiger partial charge on any atom is 0.241 e. The van der Waals surface area contributed by atoms with E-state index in [0.29, 0.717) is 17.4 Å². The number of hydrogen-bond donors (Lipinski definition) is 1. The van der Waals surface area contributed by atoms with Crippen molar-refractivity contribution < 1.29 is 8.42 Å². The molecule has 5 nitrogen and oxygen atoms in total. The zero-order chi connectivity index (χ0) is 18.0. The molecule has 0 radical (unpaired) electrons. The SMILES string of the molecule is Cc1cc(C)c(S(=O)(=O)NCC2CCCN(c3nccs3)C2)c(C)c1. The van der Waals surface area contributed by atoms with Crippen molar-refractivity contribution in [2.24, 2.45) is 5.92 Å². The molecule has 0 spiro atoms. The second-order valence-electron chi connectivity index (χ2n) is 6.85. The van der Waals surface area contributed by atoms with E-state index in [1.807, 2.05) is 44.5 Å². The smallest absolute Gasteiger partial charge is 0.241 e. The maximum atomic E-state index is 12.8. The number of aryl methyl sites for hydroxylation is 3. The highest BCUT2D eigenvalue weighted by Gasteiger charge is 2.25. The minimum atomic E-state index is -3.49. The van der Waals surface area contributed by atoms with E-state index in [1.165, 1.54) is 0 Å². The molecule has 1 aliphatic rings. The maximum absolute atomic E-state index is 12.8. The van der Waals surface area contributed by atoms with Crippen LogP contribution in [0, 0.1) is 26.7 Å². The Morgan fingerprint density at radius 3 is 2.64 bits per heavy atom. The Kier molecular flexibility index (Phi) is 5.46. The average Bonchev–Trinajstić information content (AvgIpc) is 3.06. The molecular weight excluding hydrogens is 354 g/mol. The molecule has 1 fully saturated rings. The van der Waals surface area contributed by atoms with Gasteiger partial charge in [0.15, 0.2) is 5.13 Å². The molecule has 1 aromatic carbocycles. The van der Waals surface area contributed by atoms with Crippen molar-refractivity contribution in [3.05, 3.63) is 40.4 Å². The third-order valence-corrected chi connectivity index (χ3v) is 7.20. The fraction of sp³-hybridized carbons (Fsp3) is 0.500. The van der Waals surface area contributed by atoms with E-state index in [4.69, 9.17) is 0 Å². The summed E-state index contributed by atoms with van der Waals surface area (Å²) in [4.78, 5) is 7.05. The van der Waals surface area contributed by atoms with Crippen molar-refractivity contribution in [3.8, 4) is 0 Å². The molecule has 1 aliphatic heterocycles. The summed E-state index contributed by atoms with van der Waals surface area (Å²) in [5.74, 6) is 0.304. The molecule has 0 saturated carbocycles. The third-order valence-electron chi connectivity index (χ3n) is 4.64. The normalized spacial score (nSPS) is 18.5. The van der Waals surface area contributed by atoms with Crippen molar-refractivity contribution in [3.63, 3.8) is 0 Å². The summed E-state index contributed by atoms with van der Waals surface area (Å²) in [6.45, 7) is 8.02. The molecule has 2 aromatic rings. The Morgan fingerprint density at radius 1 is 1.28 bits per heavy atom. The lowest BCUT2D eigenvalue weighted by molar-refractivity contribution is 0.410. The van der Waals surface area contributed by atoms with Crippen LogP contribution in [0.15, 0.2) is 28.6 Å². The molecule has 1 N–H and O–H groups in total. The monoisotopic (exact) mass is 379 g/mol. The van der Waals surface area contributed by atoms with Gasteiger partial charge in [0.05, 0.1) is 4.90 Å². The van der Waals surface area contributed by atoms with E-state index in [1.54, 1.807) is 11.3 Å². The molecule has 1 aromatic heterocycles. The summed E-state index contributed by atoms with van der Waals surface area (Å²) in [7, 11) is -3.49. The molecule has 0 amide bonds. The van der Waals surface area contributed by atoms with Gasteiger partial charge in [0, 0.05) is 31.2 Å². The molecule has 136 valence electrons. The number of anilines is 1. The summed E-state index contributed by atoms with van der Waals surface area (Å²) in [6.07, 6.45) is 3.92. The lowest BCUT2D eigenvalue weighted by Gasteiger charge is -2.32. The second-order valence-corrected chi connectivity index (χ2v) is 9.43. The van der Waals surface area contributed by atoms with Gasteiger partial charge >= 0.3 is 0 Å². The number of piperidine rings is 1. The van der Waals surface area contributed by atoms with Gasteiger partial charge in [-0.05, 0) is 50.7 Å². The van der Waals surface area contributed by atoms with E-state index in [-0.39, 0.29) is 0 Å². The highest BCUT2D eigenvalue weighted by atomic mass is 32.2. The van der Waals surface area contributed by atoms with Crippen molar-refractivity contribution in [1.82, 2.24) is 9.71 Å². The van der Waals surface area contributed by atoms with Crippen LogP contribution in [0.5, 0.6) is 0 Å². The van der Waals surface area contributed by atoms with Crippen molar-refractivity contribution in [2.75, 3.05) is 24.5 Å². The van der Waals surface area contributed by atoms with Gasteiger partial charge in [-0.25, -0.2) is 18.1 Å². The van der Waals surface area contributed by atoms with Crippen molar-refractivity contribution in [1.29, 1.82) is 0 Å². The Labute approximate surface area is 154 Å². The number of rotatable bonds is 5. The molecule has 0 aliphatic carbocycles. The zero-order valence-corrected chi connectivity index (χ0v) is 16.6. The number of nitrogens with zero attached hydrogens (tertiary/aromatic N) is 2. The average molecular weight is 380 g/mol. The van der Waals surface area contributed by atoms with Crippen LogP contribution in [0.1, 0.15) is 29.5 Å². The first-order chi connectivity index (χ1) is 11.9. The zero-order valence-electron chi connectivity index (χ0n) is 14.9. The van der Waals surface area contributed by atoms with Crippen molar-refractivity contribution >= 4 is 26.5 Å². The van der Waals surface area contributed by atoms with Crippen LogP contribution >= 0.6 is 11.3 Å². The van der Waals surface area contributed by atoms with Gasteiger partial charge in [-0.15, -0.1) is 11.3 Å². The molecule has 1 unspecified atom stereocenters. The van der Waals surface area contributed by atoms with Crippen LogP contribution in [0.25, 0.3) is 0 Å². The molecule has 1 saturated heterocycles. The quantitative estimate of drug-likeness (QED) is 0.866. The van der Waals surface area contributed by atoms with E-state index in [0.717, 1.165) is 47.8 Å². The van der Waals surface area contributed by atoms with E-state index >= 15 is 0 Å². The molecule has 0 bridgehead atoms. The van der Waals surface area contributed by atoms with Crippen LogP contribution in [-0.4, -0.2) is 33.0 Å².